The monoisotopic (exact) mass is 292 g/mol. The van der Waals surface area contributed by atoms with Crippen LogP contribution < -0.4 is 5.32 Å². The molecular formula is C16H24N2O3. The first kappa shape index (κ1) is 15.9. The van der Waals surface area contributed by atoms with Crippen molar-refractivity contribution >= 4 is 11.6 Å². The van der Waals surface area contributed by atoms with E-state index in [0.717, 1.165) is 12.8 Å². The molecule has 2 rings (SSSR count). The van der Waals surface area contributed by atoms with Crippen LogP contribution in [0.5, 0.6) is 0 Å². The van der Waals surface area contributed by atoms with Crippen LogP contribution in [0.3, 0.4) is 0 Å². The Hall–Kier alpha value is -1.46. The number of pyridine rings is 1. The van der Waals surface area contributed by atoms with Crippen LogP contribution >= 0.6 is 0 Å². The maximum absolute atomic E-state index is 12.3. The molecule has 2 N–H and O–H groups in total. The largest absolute Gasteiger partial charge is 0.392 e. The van der Waals surface area contributed by atoms with Gasteiger partial charge in [-0.05, 0) is 25.3 Å². The van der Waals surface area contributed by atoms with Crippen LogP contribution in [0.25, 0.3) is 0 Å². The maximum atomic E-state index is 12.3. The molecule has 0 saturated heterocycles. The quantitative estimate of drug-likeness (QED) is 0.845. The van der Waals surface area contributed by atoms with E-state index in [9.17, 15) is 9.90 Å². The second kappa shape index (κ2) is 8.10. The molecule has 1 atom stereocenters. The van der Waals surface area contributed by atoms with Crippen molar-refractivity contribution in [1.82, 2.24) is 4.98 Å². The lowest BCUT2D eigenvalue weighted by Gasteiger charge is -2.26. The fourth-order valence-electron chi connectivity index (χ4n) is 2.66. The number of carbonyl (C=O) groups excluding carboxylic acids is 1. The number of hydrogen-bond acceptors (Lipinski definition) is 4. The summed E-state index contributed by atoms with van der Waals surface area (Å²) < 4.78 is 5.95. The molecule has 1 aromatic heterocycles. The van der Waals surface area contributed by atoms with Gasteiger partial charge in [-0.25, -0.2) is 0 Å². The molecule has 1 saturated carbocycles. The normalized spacial score (nSPS) is 17.4. The maximum Gasteiger partial charge on any atom is 0.253 e. The predicted octanol–water partition coefficient (Wildman–Crippen LogP) is 2.64. The van der Waals surface area contributed by atoms with Gasteiger partial charge in [-0.3, -0.25) is 9.78 Å². The van der Waals surface area contributed by atoms with E-state index in [-0.39, 0.29) is 18.6 Å². The molecule has 1 fully saturated rings. The summed E-state index contributed by atoms with van der Waals surface area (Å²) in [6.45, 7) is 1.82. The molecule has 0 spiro atoms. The molecule has 1 heterocycles. The Kier molecular flexibility index (Phi) is 6.14. The highest BCUT2D eigenvalue weighted by molar-refractivity contribution is 5.94. The lowest BCUT2D eigenvalue weighted by atomic mass is 9.97. The number of aromatic nitrogens is 1. The van der Waals surface area contributed by atoms with Crippen molar-refractivity contribution < 1.29 is 14.6 Å². The van der Waals surface area contributed by atoms with Gasteiger partial charge in [0.05, 0.1) is 24.6 Å². The molecule has 116 valence electrons. The molecule has 1 aliphatic carbocycles. The number of nitrogens with zero attached hydrogens (tertiary/aromatic N) is 1. The van der Waals surface area contributed by atoms with Crippen LogP contribution in [-0.4, -0.2) is 28.2 Å². The third kappa shape index (κ3) is 4.51. The molecule has 0 radical (unpaired) electrons. The van der Waals surface area contributed by atoms with Crippen LogP contribution in [0.1, 0.15) is 51.0 Å². The molecular weight excluding hydrogens is 268 g/mol. The number of hydrogen-bond donors (Lipinski definition) is 2. The van der Waals surface area contributed by atoms with Gasteiger partial charge in [0.2, 0.25) is 0 Å². The summed E-state index contributed by atoms with van der Waals surface area (Å²) in [5.74, 6) is -0.161. The van der Waals surface area contributed by atoms with E-state index >= 15 is 0 Å². The summed E-state index contributed by atoms with van der Waals surface area (Å²) in [6, 6.07) is 1.69. The van der Waals surface area contributed by atoms with Crippen molar-refractivity contribution in [1.29, 1.82) is 0 Å². The lowest BCUT2D eigenvalue weighted by molar-refractivity contribution is -0.132. The average Bonchev–Trinajstić information content (AvgIpc) is 2.54. The standard InChI is InChI=1S/C16H24N2O3/c1-2-15(21-13-6-4-3-5-7-13)16(20)18-14-10-17-9-8-12(14)11-19/h8-10,13,15,19H,2-7,11H2,1H3,(H,18,20)/t15-/m0/s1. The van der Waals surface area contributed by atoms with Gasteiger partial charge >= 0.3 is 0 Å². The molecule has 0 bridgehead atoms. The van der Waals surface area contributed by atoms with Crippen LogP contribution in [0, 0.1) is 0 Å². The van der Waals surface area contributed by atoms with Crippen molar-refractivity contribution in [2.24, 2.45) is 0 Å². The second-order valence-corrected chi connectivity index (χ2v) is 5.47. The molecule has 0 aliphatic heterocycles. The van der Waals surface area contributed by atoms with Gasteiger partial charge < -0.3 is 15.2 Å². The third-order valence-electron chi connectivity index (χ3n) is 3.91. The van der Waals surface area contributed by atoms with Crippen molar-refractivity contribution in [3.63, 3.8) is 0 Å². The van der Waals surface area contributed by atoms with E-state index in [1.54, 1.807) is 18.5 Å². The molecule has 21 heavy (non-hydrogen) atoms. The highest BCUT2D eigenvalue weighted by atomic mass is 16.5. The van der Waals surface area contributed by atoms with E-state index in [0.29, 0.717) is 17.7 Å². The van der Waals surface area contributed by atoms with Crippen molar-refractivity contribution in [3.05, 3.63) is 24.0 Å². The number of amides is 1. The minimum atomic E-state index is -0.445. The second-order valence-electron chi connectivity index (χ2n) is 5.47. The van der Waals surface area contributed by atoms with Gasteiger partial charge in [0.25, 0.3) is 5.91 Å². The molecule has 1 amide bonds. The smallest absolute Gasteiger partial charge is 0.253 e. The fraction of sp³-hybridized carbons (Fsp3) is 0.625. The van der Waals surface area contributed by atoms with Gasteiger partial charge in [0, 0.05) is 11.8 Å². The topological polar surface area (TPSA) is 71.5 Å². The minimum absolute atomic E-state index is 0.127. The van der Waals surface area contributed by atoms with Crippen molar-refractivity contribution in [3.8, 4) is 0 Å². The van der Waals surface area contributed by atoms with Crippen LogP contribution in [0.4, 0.5) is 5.69 Å². The van der Waals surface area contributed by atoms with Gasteiger partial charge in [-0.2, -0.15) is 0 Å². The van der Waals surface area contributed by atoms with E-state index in [2.05, 4.69) is 10.3 Å². The van der Waals surface area contributed by atoms with E-state index in [1.165, 1.54) is 19.3 Å². The van der Waals surface area contributed by atoms with Gasteiger partial charge in [0.1, 0.15) is 6.10 Å². The first-order valence-corrected chi connectivity index (χ1v) is 7.74. The van der Waals surface area contributed by atoms with E-state index < -0.39 is 6.10 Å². The molecule has 1 aromatic rings. The Bertz CT molecular complexity index is 459. The van der Waals surface area contributed by atoms with Crippen LogP contribution in [0.15, 0.2) is 18.5 Å². The first-order chi connectivity index (χ1) is 10.2. The number of ether oxygens (including phenoxy) is 1. The summed E-state index contributed by atoms with van der Waals surface area (Å²) in [6.07, 6.45) is 9.24. The zero-order valence-electron chi connectivity index (χ0n) is 12.5. The Morgan fingerprint density at radius 2 is 2.24 bits per heavy atom. The SMILES string of the molecule is CC[C@H](OC1CCCCC1)C(=O)Nc1cnccc1CO. The Labute approximate surface area is 125 Å². The molecule has 0 aromatic carbocycles. The van der Waals surface area contributed by atoms with E-state index in [1.807, 2.05) is 6.92 Å². The molecule has 5 heteroatoms. The van der Waals surface area contributed by atoms with Crippen LogP contribution in [-0.2, 0) is 16.1 Å². The zero-order chi connectivity index (χ0) is 15.1. The van der Waals surface area contributed by atoms with Crippen molar-refractivity contribution in [2.45, 2.75) is 64.3 Å². The summed E-state index contributed by atoms with van der Waals surface area (Å²) in [7, 11) is 0. The number of aliphatic hydroxyl groups is 1. The highest BCUT2D eigenvalue weighted by Gasteiger charge is 2.23. The Morgan fingerprint density at radius 3 is 2.90 bits per heavy atom. The van der Waals surface area contributed by atoms with Gasteiger partial charge in [-0.15, -0.1) is 0 Å². The average molecular weight is 292 g/mol. The predicted molar refractivity (Wildman–Crippen MR) is 80.8 cm³/mol. The highest BCUT2D eigenvalue weighted by Crippen LogP contribution is 2.23. The molecule has 1 aliphatic rings. The minimum Gasteiger partial charge on any atom is -0.392 e. The molecule has 0 unspecified atom stereocenters. The van der Waals surface area contributed by atoms with Crippen molar-refractivity contribution in [2.75, 3.05) is 5.32 Å². The summed E-state index contributed by atoms with van der Waals surface area (Å²) in [4.78, 5) is 16.3. The number of anilines is 1. The summed E-state index contributed by atoms with van der Waals surface area (Å²) in [5.41, 5.74) is 1.21. The fourth-order valence-corrected chi connectivity index (χ4v) is 2.66. The Morgan fingerprint density at radius 1 is 1.48 bits per heavy atom. The number of aliphatic hydroxyl groups excluding tert-OH is 1. The molecule has 5 nitrogen and oxygen atoms in total. The number of rotatable bonds is 6. The third-order valence-corrected chi connectivity index (χ3v) is 3.91. The van der Waals surface area contributed by atoms with Gasteiger partial charge in [-0.1, -0.05) is 26.2 Å². The van der Waals surface area contributed by atoms with E-state index in [4.69, 9.17) is 4.74 Å². The first-order valence-electron chi connectivity index (χ1n) is 7.74. The van der Waals surface area contributed by atoms with Gasteiger partial charge in [0.15, 0.2) is 0 Å². The summed E-state index contributed by atoms with van der Waals surface area (Å²) in [5, 5.41) is 12.1. The summed E-state index contributed by atoms with van der Waals surface area (Å²) >= 11 is 0. The number of nitrogens with one attached hydrogen (secondary N) is 1. The number of carbonyl (C=O) groups is 1. The Balaban J connectivity index is 1.96. The zero-order valence-corrected chi connectivity index (χ0v) is 12.5. The van der Waals surface area contributed by atoms with Crippen LogP contribution in [0.2, 0.25) is 0 Å². The lowest BCUT2D eigenvalue weighted by Crippen LogP contribution is -2.34.